The van der Waals surface area contributed by atoms with Crippen LogP contribution in [-0.4, -0.2) is 46.7 Å². The number of hydrazone groups is 1. The Morgan fingerprint density at radius 2 is 2.33 bits per heavy atom. The number of hydrogen-bond acceptors (Lipinski definition) is 10. The highest BCUT2D eigenvalue weighted by atomic mass is 32.2. The fraction of sp³-hybridized carbons (Fsp3) is 0.200. The minimum Gasteiger partial charge on any atom is -0.328 e. The van der Waals surface area contributed by atoms with Gasteiger partial charge in [-0.3, -0.25) is 9.50 Å². The van der Waals surface area contributed by atoms with Crippen molar-refractivity contribution in [2.75, 3.05) is 11.9 Å². The lowest BCUT2D eigenvalue weighted by atomic mass is 10.1. The zero-order chi connectivity index (χ0) is 18.2. The van der Waals surface area contributed by atoms with Crippen LogP contribution in [0.25, 0.3) is 5.65 Å². The third kappa shape index (κ3) is 3.13. The van der Waals surface area contributed by atoms with Crippen molar-refractivity contribution in [1.82, 2.24) is 39.3 Å². The van der Waals surface area contributed by atoms with Crippen molar-refractivity contribution in [3.05, 3.63) is 36.2 Å². The van der Waals surface area contributed by atoms with Crippen molar-refractivity contribution in [1.29, 1.82) is 0 Å². The number of hydrogen-bond donors (Lipinski definition) is 3. The summed E-state index contributed by atoms with van der Waals surface area (Å²) in [6, 6.07) is 1.98. The van der Waals surface area contributed by atoms with Gasteiger partial charge in [0.1, 0.15) is 16.4 Å². The Morgan fingerprint density at radius 3 is 3.07 bits per heavy atom. The summed E-state index contributed by atoms with van der Waals surface area (Å²) in [7, 11) is 0. The predicted molar refractivity (Wildman–Crippen MR) is 103 cm³/mol. The molecule has 1 unspecified atom stereocenters. The van der Waals surface area contributed by atoms with E-state index in [1.54, 1.807) is 0 Å². The van der Waals surface area contributed by atoms with Gasteiger partial charge in [-0.2, -0.15) is 14.6 Å². The number of rotatable bonds is 5. The highest BCUT2D eigenvalue weighted by Crippen LogP contribution is 2.30. The van der Waals surface area contributed by atoms with Crippen molar-refractivity contribution in [3.8, 4) is 0 Å². The van der Waals surface area contributed by atoms with Crippen LogP contribution in [0.4, 0.5) is 10.8 Å². The predicted octanol–water partition coefficient (Wildman–Crippen LogP) is 2.18. The highest BCUT2D eigenvalue weighted by Gasteiger charge is 2.20. The SMILES string of the molecule is Cc1cc(Nc2nc(Sc3ncn[nH]3)cn3c(C4C=NNC4)cnc23)sn1. The molecule has 1 aliphatic rings. The van der Waals surface area contributed by atoms with Gasteiger partial charge in [0, 0.05) is 19.0 Å². The molecule has 0 aliphatic carbocycles. The Balaban J connectivity index is 1.60. The smallest absolute Gasteiger partial charge is 0.189 e. The molecule has 5 rings (SSSR count). The van der Waals surface area contributed by atoms with Crippen LogP contribution < -0.4 is 10.7 Å². The minimum absolute atomic E-state index is 0.157. The number of aryl methyl sites for hydroxylation is 1. The summed E-state index contributed by atoms with van der Waals surface area (Å²) in [6.45, 7) is 2.71. The average molecular weight is 398 g/mol. The number of fused-ring (bicyclic) bond motifs is 1. The molecule has 5 heterocycles. The summed E-state index contributed by atoms with van der Waals surface area (Å²) in [4.78, 5) is 13.5. The first kappa shape index (κ1) is 16.2. The molecule has 4 aromatic rings. The maximum absolute atomic E-state index is 4.73. The van der Waals surface area contributed by atoms with Gasteiger partial charge in [-0.1, -0.05) is 0 Å². The van der Waals surface area contributed by atoms with E-state index in [0.717, 1.165) is 33.6 Å². The van der Waals surface area contributed by atoms with Crippen LogP contribution in [0.5, 0.6) is 0 Å². The monoisotopic (exact) mass is 398 g/mol. The summed E-state index contributed by atoms with van der Waals surface area (Å²) in [5.74, 6) is 0.821. The largest absolute Gasteiger partial charge is 0.328 e. The van der Waals surface area contributed by atoms with Crippen LogP contribution in [0, 0.1) is 6.92 Å². The van der Waals surface area contributed by atoms with Crippen molar-refractivity contribution >= 4 is 46.0 Å². The van der Waals surface area contributed by atoms with Crippen molar-refractivity contribution in [3.63, 3.8) is 0 Å². The molecule has 12 heteroatoms. The number of H-pyrrole nitrogens is 1. The normalized spacial score (nSPS) is 16.1. The lowest BCUT2D eigenvalue weighted by Crippen LogP contribution is -2.11. The molecule has 0 bridgehead atoms. The van der Waals surface area contributed by atoms with E-state index >= 15 is 0 Å². The number of aromatic nitrogens is 7. The summed E-state index contributed by atoms with van der Waals surface area (Å²) < 4.78 is 6.36. The van der Waals surface area contributed by atoms with E-state index in [9.17, 15) is 0 Å². The van der Waals surface area contributed by atoms with Crippen molar-refractivity contribution in [2.45, 2.75) is 23.0 Å². The standard InChI is InChI=1S/C15H14N10S2/c1-8-2-11(27-24-8)21-13-14-16-5-10(9-3-18-19-4-9)25(14)6-12(22-13)26-15-17-7-20-23-15/h2-3,5-7,9,19H,4H2,1H3,(H,21,22)(H,17,20,23). The van der Waals surface area contributed by atoms with Gasteiger partial charge in [0.25, 0.3) is 0 Å². The number of anilines is 2. The first-order valence-corrected chi connectivity index (χ1v) is 9.73. The van der Waals surface area contributed by atoms with E-state index in [-0.39, 0.29) is 5.92 Å². The second-order valence-electron chi connectivity index (χ2n) is 5.90. The van der Waals surface area contributed by atoms with Gasteiger partial charge in [-0.15, -0.1) is 0 Å². The molecule has 1 atom stereocenters. The van der Waals surface area contributed by atoms with E-state index in [4.69, 9.17) is 4.98 Å². The highest BCUT2D eigenvalue weighted by molar-refractivity contribution is 7.99. The van der Waals surface area contributed by atoms with Gasteiger partial charge in [-0.05, 0) is 36.3 Å². The van der Waals surface area contributed by atoms with Crippen LogP contribution in [0.3, 0.4) is 0 Å². The molecular weight excluding hydrogens is 384 g/mol. The molecule has 0 saturated heterocycles. The Kier molecular flexibility index (Phi) is 3.98. The van der Waals surface area contributed by atoms with Crippen LogP contribution in [0.1, 0.15) is 17.3 Å². The number of imidazole rings is 1. The van der Waals surface area contributed by atoms with Gasteiger partial charge in [-0.25, -0.2) is 15.0 Å². The zero-order valence-electron chi connectivity index (χ0n) is 14.1. The van der Waals surface area contributed by atoms with Gasteiger partial charge in [0.15, 0.2) is 16.6 Å². The van der Waals surface area contributed by atoms with E-state index in [0.29, 0.717) is 11.0 Å². The molecule has 136 valence electrons. The Labute approximate surface area is 161 Å². The quantitative estimate of drug-likeness (QED) is 0.468. The van der Waals surface area contributed by atoms with Crippen molar-refractivity contribution in [2.24, 2.45) is 5.10 Å². The van der Waals surface area contributed by atoms with E-state index < -0.39 is 0 Å². The first-order valence-electron chi connectivity index (χ1n) is 8.14. The molecule has 4 aromatic heterocycles. The van der Waals surface area contributed by atoms with Crippen LogP contribution >= 0.6 is 23.3 Å². The molecule has 0 amide bonds. The van der Waals surface area contributed by atoms with Crippen LogP contribution in [0.15, 0.2) is 40.1 Å². The Bertz CT molecular complexity index is 1110. The fourth-order valence-electron chi connectivity index (χ4n) is 2.80. The molecule has 0 saturated carbocycles. The molecule has 0 fully saturated rings. The molecule has 27 heavy (non-hydrogen) atoms. The zero-order valence-corrected chi connectivity index (χ0v) is 15.8. The minimum atomic E-state index is 0.157. The third-order valence-electron chi connectivity index (χ3n) is 4.00. The molecule has 0 aromatic carbocycles. The van der Waals surface area contributed by atoms with Gasteiger partial charge < -0.3 is 10.7 Å². The fourth-order valence-corrected chi connectivity index (χ4v) is 4.15. The molecule has 3 N–H and O–H groups in total. The van der Waals surface area contributed by atoms with Gasteiger partial charge in [0.2, 0.25) is 0 Å². The van der Waals surface area contributed by atoms with Crippen molar-refractivity contribution < 1.29 is 0 Å². The Morgan fingerprint density at radius 1 is 1.37 bits per heavy atom. The van der Waals surface area contributed by atoms with E-state index in [2.05, 4.69) is 40.4 Å². The van der Waals surface area contributed by atoms with Gasteiger partial charge >= 0.3 is 0 Å². The Hall–Kier alpha value is -2.99. The lowest BCUT2D eigenvalue weighted by molar-refractivity contribution is 0.745. The number of nitrogens with one attached hydrogen (secondary N) is 3. The maximum atomic E-state index is 4.73. The van der Waals surface area contributed by atoms with E-state index in [1.807, 2.05) is 36.0 Å². The molecule has 0 radical (unpaired) electrons. The van der Waals surface area contributed by atoms with Crippen LogP contribution in [-0.2, 0) is 0 Å². The number of aromatic amines is 1. The number of nitrogens with zero attached hydrogens (tertiary/aromatic N) is 7. The van der Waals surface area contributed by atoms with E-state index in [1.165, 1.54) is 29.6 Å². The second-order valence-corrected chi connectivity index (χ2v) is 7.72. The van der Waals surface area contributed by atoms with Gasteiger partial charge in [0.05, 0.1) is 23.5 Å². The summed E-state index contributed by atoms with van der Waals surface area (Å²) in [6.07, 6.45) is 7.20. The average Bonchev–Trinajstić information content (AvgIpc) is 3.42. The third-order valence-corrected chi connectivity index (χ3v) is 5.59. The summed E-state index contributed by atoms with van der Waals surface area (Å²) in [5.41, 5.74) is 5.75. The second kappa shape index (κ2) is 6.63. The van der Waals surface area contributed by atoms with Crippen LogP contribution in [0.2, 0.25) is 0 Å². The maximum Gasteiger partial charge on any atom is 0.189 e. The molecule has 0 spiro atoms. The first-order chi connectivity index (χ1) is 13.3. The lowest BCUT2D eigenvalue weighted by Gasteiger charge is -2.10. The summed E-state index contributed by atoms with van der Waals surface area (Å²) >= 11 is 2.79. The molecule has 1 aliphatic heterocycles. The topological polar surface area (TPSA) is 121 Å². The molecular formula is C15H14N10S2. The summed E-state index contributed by atoms with van der Waals surface area (Å²) in [5, 5.41) is 16.6. The molecule has 10 nitrogen and oxygen atoms in total.